The van der Waals surface area contributed by atoms with Gasteiger partial charge in [-0.3, -0.25) is 0 Å². The number of anilines is 3. The first kappa shape index (κ1) is 24.6. The first-order valence-corrected chi connectivity index (χ1v) is 15.1. The molecule has 0 unspecified atom stereocenters. The Bertz CT molecular complexity index is 2180. The van der Waals surface area contributed by atoms with Gasteiger partial charge in [-0.2, -0.15) is 0 Å². The molecule has 42 heavy (non-hydrogen) atoms. The van der Waals surface area contributed by atoms with Crippen LogP contribution in [-0.4, -0.2) is 0 Å². The molecule has 0 saturated carbocycles. The highest BCUT2D eigenvalue weighted by atomic mass is 32.1. The highest BCUT2D eigenvalue weighted by molar-refractivity contribution is 7.26. The lowest BCUT2D eigenvalue weighted by atomic mass is 9.95. The second-order valence-corrected chi connectivity index (χ2v) is 11.6. The summed E-state index contributed by atoms with van der Waals surface area (Å²) in [5.74, 6) is 0. The first-order chi connectivity index (χ1) is 20.8. The average molecular weight is 554 g/mol. The molecule has 0 atom stereocenters. The monoisotopic (exact) mass is 553 g/mol. The maximum Gasteiger partial charge on any atom is 0.0540 e. The molecule has 2 heteroatoms. The maximum absolute atomic E-state index is 2.39. The van der Waals surface area contributed by atoms with Crippen molar-refractivity contribution in [3.63, 3.8) is 0 Å². The molecule has 8 rings (SSSR count). The van der Waals surface area contributed by atoms with Crippen LogP contribution in [0.5, 0.6) is 0 Å². The summed E-state index contributed by atoms with van der Waals surface area (Å²) < 4.78 is 2.63. The van der Waals surface area contributed by atoms with E-state index in [4.69, 9.17) is 0 Å². The topological polar surface area (TPSA) is 3.24 Å². The molecule has 198 valence electrons. The zero-order valence-electron chi connectivity index (χ0n) is 22.9. The summed E-state index contributed by atoms with van der Waals surface area (Å²) in [6.45, 7) is 0. The summed E-state index contributed by atoms with van der Waals surface area (Å²) >= 11 is 1.89. The van der Waals surface area contributed by atoms with Gasteiger partial charge >= 0.3 is 0 Å². The number of hydrogen-bond acceptors (Lipinski definition) is 2. The van der Waals surface area contributed by atoms with Crippen molar-refractivity contribution in [2.45, 2.75) is 0 Å². The van der Waals surface area contributed by atoms with Gasteiger partial charge in [-0.1, -0.05) is 127 Å². The van der Waals surface area contributed by atoms with E-state index in [0.29, 0.717) is 0 Å². The lowest BCUT2D eigenvalue weighted by Gasteiger charge is -2.28. The molecular weight excluding hydrogens is 527 g/mol. The van der Waals surface area contributed by atoms with Crippen molar-refractivity contribution in [3.8, 4) is 22.3 Å². The van der Waals surface area contributed by atoms with Gasteiger partial charge in [0.1, 0.15) is 0 Å². The van der Waals surface area contributed by atoms with Gasteiger partial charge in [0.15, 0.2) is 0 Å². The van der Waals surface area contributed by atoms with Gasteiger partial charge in [0, 0.05) is 42.5 Å². The van der Waals surface area contributed by atoms with E-state index in [1.54, 1.807) is 0 Å². The van der Waals surface area contributed by atoms with Gasteiger partial charge in [-0.05, 0) is 58.5 Å². The fourth-order valence-corrected chi connectivity index (χ4v) is 7.37. The summed E-state index contributed by atoms with van der Waals surface area (Å²) in [4.78, 5) is 2.39. The Morgan fingerprint density at radius 2 is 0.976 bits per heavy atom. The largest absolute Gasteiger partial charge is 0.310 e. The molecule has 1 aromatic heterocycles. The van der Waals surface area contributed by atoms with Crippen LogP contribution in [0.15, 0.2) is 164 Å². The van der Waals surface area contributed by atoms with Gasteiger partial charge < -0.3 is 4.90 Å². The Hall–Kier alpha value is -5.18. The van der Waals surface area contributed by atoms with Crippen LogP contribution in [0.4, 0.5) is 17.1 Å². The minimum Gasteiger partial charge on any atom is -0.310 e. The van der Waals surface area contributed by atoms with Gasteiger partial charge in [-0.15, -0.1) is 11.3 Å². The Labute approximate surface area is 249 Å². The maximum atomic E-state index is 2.39. The Balaban J connectivity index is 1.36. The molecule has 1 heterocycles. The number of benzene rings is 7. The van der Waals surface area contributed by atoms with Crippen LogP contribution in [0.25, 0.3) is 53.2 Å². The fraction of sp³-hybridized carbons (Fsp3) is 0. The normalized spacial score (nSPS) is 11.3. The number of fused-ring (bicyclic) bond motifs is 5. The smallest absolute Gasteiger partial charge is 0.0540 e. The van der Waals surface area contributed by atoms with E-state index in [2.05, 4.69) is 169 Å². The average Bonchev–Trinajstić information content (AvgIpc) is 3.44. The Morgan fingerprint density at radius 3 is 1.71 bits per heavy atom. The van der Waals surface area contributed by atoms with E-state index in [9.17, 15) is 0 Å². The fourth-order valence-electron chi connectivity index (χ4n) is 6.12. The van der Waals surface area contributed by atoms with E-state index in [-0.39, 0.29) is 0 Å². The van der Waals surface area contributed by atoms with Crippen LogP contribution >= 0.6 is 11.3 Å². The minimum absolute atomic E-state index is 1.14. The zero-order valence-corrected chi connectivity index (χ0v) is 23.8. The van der Waals surface area contributed by atoms with Gasteiger partial charge in [-0.25, -0.2) is 0 Å². The van der Waals surface area contributed by atoms with Crippen LogP contribution in [0.3, 0.4) is 0 Å². The molecule has 0 aliphatic carbocycles. The highest BCUT2D eigenvalue weighted by Crippen LogP contribution is 2.46. The minimum atomic E-state index is 1.14. The standard InChI is InChI=1S/C40H27NS/c1-4-14-28(15-5-1)32-20-12-13-23-38(32)41(30-18-8-3-9-19-30)31-24-25-34-37-27-36(29-16-6-2-7-17-29)33-21-10-11-22-35(33)40(37)42-39(34)26-31/h1-27H. The van der Waals surface area contributed by atoms with Crippen molar-refractivity contribution in [3.05, 3.63) is 164 Å². The van der Waals surface area contributed by atoms with Crippen molar-refractivity contribution in [2.24, 2.45) is 0 Å². The molecular formula is C40H27NS. The molecule has 0 aliphatic rings. The summed E-state index contributed by atoms with van der Waals surface area (Å²) in [6, 6.07) is 59.0. The van der Waals surface area contributed by atoms with Crippen molar-refractivity contribution in [2.75, 3.05) is 4.90 Å². The van der Waals surface area contributed by atoms with Crippen molar-refractivity contribution >= 4 is 59.3 Å². The number of hydrogen-bond donors (Lipinski definition) is 0. The molecule has 0 saturated heterocycles. The second kappa shape index (κ2) is 10.3. The van der Waals surface area contributed by atoms with Crippen LogP contribution < -0.4 is 4.90 Å². The molecule has 0 fully saturated rings. The number of thiophene rings is 1. The zero-order chi connectivity index (χ0) is 27.9. The molecule has 0 aliphatic heterocycles. The van der Waals surface area contributed by atoms with E-state index in [1.165, 1.54) is 53.2 Å². The lowest BCUT2D eigenvalue weighted by molar-refractivity contribution is 1.29. The number of rotatable bonds is 5. The summed E-state index contributed by atoms with van der Waals surface area (Å²) in [6.07, 6.45) is 0. The van der Waals surface area contributed by atoms with Crippen LogP contribution in [0.1, 0.15) is 0 Å². The SMILES string of the molecule is c1ccc(-c2ccccc2N(c2ccccc2)c2ccc3c(c2)sc2c4ccccc4c(-c4ccccc4)cc32)cc1. The van der Waals surface area contributed by atoms with E-state index in [1.807, 2.05) is 11.3 Å². The predicted molar refractivity (Wildman–Crippen MR) is 182 cm³/mol. The van der Waals surface area contributed by atoms with Crippen LogP contribution in [-0.2, 0) is 0 Å². The highest BCUT2D eigenvalue weighted by Gasteiger charge is 2.19. The molecule has 1 nitrogen and oxygen atoms in total. The molecule has 0 N–H and O–H groups in total. The number of para-hydroxylation sites is 2. The summed E-state index contributed by atoms with van der Waals surface area (Å²) in [5.41, 5.74) is 8.39. The quantitative estimate of drug-likeness (QED) is 0.205. The van der Waals surface area contributed by atoms with E-state index >= 15 is 0 Å². The number of nitrogens with zero attached hydrogens (tertiary/aromatic N) is 1. The van der Waals surface area contributed by atoms with Crippen LogP contribution in [0, 0.1) is 0 Å². The molecule has 0 bridgehead atoms. The van der Waals surface area contributed by atoms with Gasteiger partial charge in [0.25, 0.3) is 0 Å². The van der Waals surface area contributed by atoms with Gasteiger partial charge in [0.2, 0.25) is 0 Å². The summed E-state index contributed by atoms with van der Waals surface area (Å²) in [7, 11) is 0. The molecule has 0 spiro atoms. The van der Waals surface area contributed by atoms with Crippen LogP contribution in [0.2, 0.25) is 0 Å². The third kappa shape index (κ3) is 4.16. The lowest BCUT2D eigenvalue weighted by Crippen LogP contribution is -2.10. The molecule has 7 aromatic carbocycles. The summed E-state index contributed by atoms with van der Waals surface area (Å²) in [5, 5.41) is 5.22. The van der Waals surface area contributed by atoms with E-state index < -0.39 is 0 Å². The Kier molecular flexibility index (Phi) is 6.05. The van der Waals surface area contributed by atoms with E-state index in [0.717, 1.165) is 17.1 Å². The van der Waals surface area contributed by atoms with Crippen molar-refractivity contribution in [1.82, 2.24) is 0 Å². The second-order valence-electron chi connectivity index (χ2n) is 10.5. The van der Waals surface area contributed by atoms with Crippen molar-refractivity contribution in [1.29, 1.82) is 0 Å². The molecule has 8 aromatic rings. The molecule has 0 amide bonds. The predicted octanol–water partition coefficient (Wildman–Crippen LogP) is 12.0. The first-order valence-electron chi connectivity index (χ1n) is 14.3. The molecule has 0 radical (unpaired) electrons. The van der Waals surface area contributed by atoms with Crippen molar-refractivity contribution < 1.29 is 0 Å². The third-order valence-electron chi connectivity index (χ3n) is 8.05. The third-order valence-corrected chi connectivity index (χ3v) is 9.25. The van der Waals surface area contributed by atoms with Gasteiger partial charge in [0.05, 0.1) is 5.69 Å². The Morgan fingerprint density at radius 1 is 0.381 bits per heavy atom.